The lowest BCUT2D eigenvalue weighted by molar-refractivity contribution is -0.116. The number of thiophene rings is 1. The maximum Gasteiger partial charge on any atom is 0.227 e. The molecule has 0 radical (unpaired) electrons. The average Bonchev–Trinajstić information content (AvgIpc) is 2.97. The number of aromatic amines is 1. The fraction of sp³-hybridized carbons (Fsp3) is 0.273. The fourth-order valence-electron chi connectivity index (χ4n) is 1.39. The molecule has 7 heteroatoms. The number of carbonyl (C=O) groups excluding carboxylic acids is 2. The Morgan fingerprint density at radius 2 is 2.22 bits per heavy atom. The van der Waals surface area contributed by atoms with Crippen LogP contribution in [0.15, 0.2) is 18.5 Å². The highest BCUT2D eigenvalue weighted by molar-refractivity contribution is 7.14. The summed E-state index contributed by atoms with van der Waals surface area (Å²) in [4.78, 5) is 28.8. The molecule has 0 unspecified atom stereocenters. The molecule has 6 nitrogen and oxygen atoms in total. The summed E-state index contributed by atoms with van der Waals surface area (Å²) in [5.74, 6) is 0.0219. The van der Waals surface area contributed by atoms with Crippen LogP contribution in [0.4, 0.5) is 5.95 Å². The van der Waals surface area contributed by atoms with E-state index in [9.17, 15) is 9.59 Å². The highest BCUT2D eigenvalue weighted by Crippen LogP contribution is 2.17. The minimum atomic E-state index is -0.256. The third-order valence-electron chi connectivity index (χ3n) is 2.27. The van der Waals surface area contributed by atoms with Crippen LogP contribution in [-0.4, -0.2) is 26.9 Å². The molecule has 0 atom stereocenters. The van der Waals surface area contributed by atoms with E-state index in [1.807, 2.05) is 13.0 Å². The second-order valence-electron chi connectivity index (χ2n) is 3.72. The van der Waals surface area contributed by atoms with Crippen LogP contribution in [0.2, 0.25) is 0 Å². The number of carbonyl (C=O) groups is 2. The van der Waals surface area contributed by atoms with Gasteiger partial charge in [0.15, 0.2) is 5.78 Å². The number of nitrogens with zero attached hydrogens (tertiary/aromatic N) is 2. The Morgan fingerprint density at radius 1 is 1.39 bits per heavy atom. The first-order chi connectivity index (χ1) is 8.65. The lowest BCUT2D eigenvalue weighted by Gasteiger charge is -2.00. The molecule has 1 amide bonds. The van der Waals surface area contributed by atoms with Crippen molar-refractivity contribution >= 4 is 29.0 Å². The van der Waals surface area contributed by atoms with Gasteiger partial charge in [-0.25, -0.2) is 5.10 Å². The third kappa shape index (κ3) is 3.24. The summed E-state index contributed by atoms with van der Waals surface area (Å²) in [5, 5.41) is 8.64. The lowest BCUT2D eigenvalue weighted by Crippen LogP contribution is -2.14. The predicted octanol–water partition coefficient (Wildman–Crippen LogP) is 1.78. The van der Waals surface area contributed by atoms with Crippen molar-refractivity contribution in [3.8, 4) is 0 Å². The summed E-state index contributed by atoms with van der Waals surface area (Å²) in [6.07, 6.45) is 1.63. The summed E-state index contributed by atoms with van der Waals surface area (Å²) >= 11 is 1.44. The van der Waals surface area contributed by atoms with Crippen LogP contribution < -0.4 is 5.32 Å². The number of aromatic nitrogens is 3. The van der Waals surface area contributed by atoms with Gasteiger partial charge in [-0.1, -0.05) is 0 Å². The van der Waals surface area contributed by atoms with E-state index >= 15 is 0 Å². The number of nitrogens with one attached hydrogen (secondary N) is 2. The summed E-state index contributed by atoms with van der Waals surface area (Å²) in [7, 11) is 0. The molecule has 94 valence electrons. The molecule has 2 aromatic heterocycles. The Morgan fingerprint density at radius 3 is 2.83 bits per heavy atom. The van der Waals surface area contributed by atoms with Gasteiger partial charge in [0, 0.05) is 17.7 Å². The smallest absolute Gasteiger partial charge is 0.227 e. The van der Waals surface area contributed by atoms with Crippen molar-refractivity contribution in [3.05, 3.63) is 28.2 Å². The number of anilines is 1. The largest absolute Gasteiger partial charge is 0.295 e. The summed E-state index contributed by atoms with van der Waals surface area (Å²) in [6.45, 7) is 1.94. The molecule has 0 saturated carbocycles. The van der Waals surface area contributed by atoms with Crippen LogP contribution >= 0.6 is 11.3 Å². The highest BCUT2D eigenvalue weighted by Gasteiger charge is 2.11. The van der Waals surface area contributed by atoms with E-state index in [2.05, 4.69) is 20.5 Å². The van der Waals surface area contributed by atoms with Gasteiger partial charge in [-0.05, 0) is 19.1 Å². The van der Waals surface area contributed by atoms with E-state index in [1.54, 1.807) is 6.07 Å². The number of hydrogen-bond acceptors (Lipinski definition) is 5. The van der Waals surface area contributed by atoms with Crippen LogP contribution in [0.1, 0.15) is 27.4 Å². The van der Waals surface area contributed by atoms with Crippen LogP contribution in [0.25, 0.3) is 0 Å². The number of hydrogen-bond donors (Lipinski definition) is 2. The van der Waals surface area contributed by atoms with E-state index in [0.29, 0.717) is 10.8 Å². The Bertz CT molecular complexity index is 547. The summed E-state index contributed by atoms with van der Waals surface area (Å²) < 4.78 is 0. The maximum atomic E-state index is 11.8. The molecule has 2 aromatic rings. The maximum absolute atomic E-state index is 11.8. The number of ketones is 1. The number of H-pyrrole nitrogens is 1. The Hall–Kier alpha value is -2.02. The van der Waals surface area contributed by atoms with Gasteiger partial charge in [0.05, 0.1) is 4.88 Å². The second kappa shape index (κ2) is 5.54. The van der Waals surface area contributed by atoms with Crippen molar-refractivity contribution in [1.29, 1.82) is 0 Å². The molecular formula is C11H12N4O2S. The molecule has 2 rings (SSSR count). The quantitative estimate of drug-likeness (QED) is 0.806. The van der Waals surface area contributed by atoms with E-state index < -0.39 is 0 Å². The molecule has 18 heavy (non-hydrogen) atoms. The van der Waals surface area contributed by atoms with Crippen molar-refractivity contribution in [2.24, 2.45) is 0 Å². The molecule has 0 aliphatic heterocycles. The van der Waals surface area contributed by atoms with Crippen LogP contribution in [0, 0.1) is 6.92 Å². The van der Waals surface area contributed by atoms with Crippen molar-refractivity contribution in [1.82, 2.24) is 15.2 Å². The standard InChI is InChI=1S/C11H12N4O2S/c1-7-2-4-9(18-7)8(16)3-5-10(17)14-11-12-6-13-15-11/h2,4,6H,3,5H2,1H3,(H2,12,13,14,15,17). The van der Waals surface area contributed by atoms with Crippen molar-refractivity contribution in [2.45, 2.75) is 19.8 Å². The molecular weight excluding hydrogens is 252 g/mol. The first kappa shape index (κ1) is 12.4. The van der Waals surface area contributed by atoms with E-state index in [-0.39, 0.29) is 24.5 Å². The zero-order valence-corrected chi connectivity index (χ0v) is 10.6. The third-order valence-corrected chi connectivity index (χ3v) is 3.31. The number of rotatable bonds is 5. The zero-order chi connectivity index (χ0) is 13.0. The Labute approximate surface area is 107 Å². The Balaban J connectivity index is 1.81. The van der Waals surface area contributed by atoms with Crippen LogP contribution in [0.5, 0.6) is 0 Å². The molecule has 0 spiro atoms. The molecule has 0 saturated heterocycles. The van der Waals surface area contributed by atoms with Gasteiger partial charge in [0.2, 0.25) is 11.9 Å². The van der Waals surface area contributed by atoms with Crippen LogP contribution in [0.3, 0.4) is 0 Å². The number of aryl methyl sites for hydroxylation is 1. The van der Waals surface area contributed by atoms with Gasteiger partial charge < -0.3 is 0 Å². The van der Waals surface area contributed by atoms with Crippen molar-refractivity contribution in [3.63, 3.8) is 0 Å². The number of Topliss-reactive ketones (excluding diaryl/α,β-unsaturated/α-hetero) is 1. The zero-order valence-electron chi connectivity index (χ0n) is 9.77. The first-order valence-corrected chi connectivity index (χ1v) is 6.21. The van der Waals surface area contributed by atoms with Crippen molar-refractivity contribution in [2.75, 3.05) is 5.32 Å². The molecule has 0 aromatic carbocycles. The van der Waals surface area contributed by atoms with Gasteiger partial charge in [0.1, 0.15) is 6.33 Å². The molecule has 0 bridgehead atoms. The van der Waals surface area contributed by atoms with E-state index in [0.717, 1.165) is 4.88 Å². The molecule has 0 fully saturated rings. The van der Waals surface area contributed by atoms with Crippen molar-refractivity contribution < 1.29 is 9.59 Å². The van der Waals surface area contributed by atoms with Crippen LogP contribution in [-0.2, 0) is 4.79 Å². The van der Waals surface area contributed by atoms with E-state index in [4.69, 9.17) is 0 Å². The van der Waals surface area contributed by atoms with Gasteiger partial charge >= 0.3 is 0 Å². The molecule has 0 aliphatic carbocycles. The molecule has 2 heterocycles. The van der Waals surface area contributed by atoms with Gasteiger partial charge in [-0.15, -0.1) is 11.3 Å². The minimum absolute atomic E-state index is 0.0131. The second-order valence-corrected chi connectivity index (χ2v) is 5.00. The predicted molar refractivity (Wildman–Crippen MR) is 67.6 cm³/mol. The highest BCUT2D eigenvalue weighted by atomic mass is 32.1. The lowest BCUT2D eigenvalue weighted by atomic mass is 10.2. The number of amides is 1. The fourth-order valence-corrected chi connectivity index (χ4v) is 2.23. The topological polar surface area (TPSA) is 87.7 Å². The summed E-state index contributed by atoms with van der Waals surface area (Å²) in [6, 6.07) is 3.68. The minimum Gasteiger partial charge on any atom is -0.295 e. The summed E-state index contributed by atoms with van der Waals surface area (Å²) in [5.41, 5.74) is 0. The van der Waals surface area contributed by atoms with E-state index in [1.165, 1.54) is 17.7 Å². The SMILES string of the molecule is Cc1ccc(C(=O)CCC(=O)Nc2ncn[nH]2)s1. The Kier molecular flexibility index (Phi) is 3.83. The first-order valence-electron chi connectivity index (χ1n) is 5.40. The average molecular weight is 264 g/mol. The molecule has 0 aliphatic rings. The molecule has 2 N–H and O–H groups in total. The normalized spacial score (nSPS) is 10.3. The van der Waals surface area contributed by atoms with Gasteiger partial charge in [0.25, 0.3) is 0 Å². The van der Waals surface area contributed by atoms with Gasteiger partial charge in [-0.2, -0.15) is 10.1 Å². The monoisotopic (exact) mass is 264 g/mol. The van der Waals surface area contributed by atoms with Gasteiger partial charge in [-0.3, -0.25) is 14.9 Å².